The van der Waals surface area contributed by atoms with Crippen molar-refractivity contribution in [1.82, 2.24) is 4.90 Å². The average molecular weight is 201 g/mol. The molecular formula is C12H27NO. The topological polar surface area (TPSA) is 23.5 Å². The number of unbranched alkanes of at least 4 members (excludes halogenated alkanes) is 2. The van der Waals surface area contributed by atoms with Gasteiger partial charge in [0.05, 0.1) is 6.10 Å². The first-order valence-corrected chi connectivity index (χ1v) is 6.14. The zero-order valence-corrected chi connectivity index (χ0v) is 10.1. The van der Waals surface area contributed by atoms with Crippen LogP contribution < -0.4 is 0 Å². The fraction of sp³-hybridized carbons (Fsp3) is 1.00. The molecule has 0 rings (SSSR count). The summed E-state index contributed by atoms with van der Waals surface area (Å²) in [5.74, 6) is 0. The molecular weight excluding hydrogens is 174 g/mol. The van der Waals surface area contributed by atoms with Crippen molar-refractivity contribution < 1.29 is 5.11 Å². The second kappa shape index (κ2) is 9.47. The molecule has 0 fully saturated rings. The third-order valence-corrected chi connectivity index (χ3v) is 2.81. The van der Waals surface area contributed by atoms with Gasteiger partial charge in [-0.15, -0.1) is 0 Å². The molecule has 1 atom stereocenters. The molecule has 2 nitrogen and oxygen atoms in total. The van der Waals surface area contributed by atoms with Gasteiger partial charge in [0.2, 0.25) is 0 Å². The zero-order valence-electron chi connectivity index (χ0n) is 10.1. The van der Waals surface area contributed by atoms with Gasteiger partial charge in [0, 0.05) is 6.54 Å². The largest absolute Gasteiger partial charge is 0.393 e. The maximum Gasteiger partial charge on any atom is 0.0552 e. The summed E-state index contributed by atoms with van der Waals surface area (Å²) in [6.45, 7) is 9.78. The van der Waals surface area contributed by atoms with Crippen molar-refractivity contribution in [3.05, 3.63) is 0 Å². The Morgan fingerprint density at radius 1 is 1.00 bits per heavy atom. The molecule has 0 amide bonds. The Kier molecular flexibility index (Phi) is 9.42. The van der Waals surface area contributed by atoms with Gasteiger partial charge in [0.1, 0.15) is 0 Å². The Bertz CT molecular complexity index is 113. The summed E-state index contributed by atoms with van der Waals surface area (Å²) in [5.41, 5.74) is 0. The highest BCUT2D eigenvalue weighted by Crippen LogP contribution is 2.06. The first kappa shape index (κ1) is 13.9. The number of hydrogen-bond donors (Lipinski definition) is 1. The van der Waals surface area contributed by atoms with E-state index in [2.05, 4.69) is 25.7 Å². The van der Waals surface area contributed by atoms with E-state index in [1.807, 2.05) is 0 Å². The lowest BCUT2D eigenvalue weighted by Gasteiger charge is -2.19. The standard InChI is InChI=1S/C12H27NO/c1-4-7-8-9-12(14)10-11-13(5-2)6-3/h12,14H,4-11H2,1-3H3. The van der Waals surface area contributed by atoms with E-state index in [0.29, 0.717) is 0 Å². The predicted molar refractivity (Wildman–Crippen MR) is 62.6 cm³/mol. The van der Waals surface area contributed by atoms with Crippen LogP contribution in [-0.2, 0) is 0 Å². The molecule has 2 heteroatoms. The van der Waals surface area contributed by atoms with Crippen LogP contribution in [0.15, 0.2) is 0 Å². The van der Waals surface area contributed by atoms with Gasteiger partial charge in [-0.2, -0.15) is 0 Å². The minimum atomic E-state index is -0.0813. The summed E-state index contributed by atoms with van der Waals surface area (Å²) >= 11 is 0. The van der Waals surface area contributed by atoms with Crippen molar-refractivity contribution in [3.8, 4) is 0 Å². The van der Waals surface area contributed by atoms with Crippen LogP contribution in [-0.4, -0.2) is 35.7 Å². The summed E-state index contributed by atoms with van der Waals surface area (Å²) in [4.78, 5) is 2.36. The number of rotatable bonds is 9. The average Bonchev–Trinajstić information content (AvgIpc) is 2.20. The Balaban J connectivity index is 3.37. The van der Waals surface area contributed by atoms with E-state index in [4.69, 9.17) is 0 Å². The quantitative estimate of drug-likeness (QED) is 0.580. The van der Waals surface area contributed by atoms with E-state index in [9.17, 15) is 5.11 Å². The molecule has 0 aromatic rings. The summed E-state index contributed by atoms with van der Waals surface area (Å²) in [6.07, 6.45) is 5.50. The summed E-state index contributed by atoms with van der Waals surface area (Å²) in [7, 11) is 0. The molecule has 0 heterocycles. The second-order valence-corrected chi connectivity index (χ2v) is 3.97. The molecule has 0 spiro atoms. The Labute approximate surface area is 89.3 Å². The summed E-state index contributed by atoms with van der Waals surface area (Å²) < 4.78 is 0. The first-order chi connectivity index (χ1) is 6.74. The third kappa shape index (κ3) is 7.34. The molecule has 86 valence electrons. The lowest BCUT2D eigenvalue weighted by atomic mass is 10.1. The molecule has 0 aliphatic carbocycles. The van der Waals surface area contributed by atoms with Crippen LogP contribution in [0.1, 0.15) is 52.9 Å². The van der Waals surface area contributed by atoms with Crippen LogP contribution in [0.3, 0.4) is 0 Å². The normalized spacial score (nSPS) is 13.5. The van der Waals surface area contributed by atoms with Crippen molar-refractivity contribution in [3.63, 3.8) is 0 Å². The summed E-state index contributed by atoms with van der Waals surface area (Å²) in [6, 6.07) is 0. The van der Waals surface area contributed by atoms with Gasteiger partial charge in [-0.25, -0.2) is 0 Å². The molecule has 0 bridgehead atoms. The smallest absolute Gasteiger partial charge is 0.0552 e. The first-order valence-electron chi connectivity index (χ1n) is 6.14. The number of aliphatic hydroxyl groups is 1. The summed E-state index contributed by atoms with van der Waals surface area (Å²) in [5, 5.41) is 9.69. The van der Waals surface area contributed by atoms with E-state index in [1.165, 1.54) is 19.3 Å². The van der Waals surface area contributed by atoms with Crippen LogP contribution in [0.5, 0.6) is 0 Å². The minimum Gasteiger partial charge on any atom is -0.393 e. The van der Waals surface area contributed by atoms with Crippen LogP contribution in [0.2, 0.25) is 0 Å². The maximum atomic E-state index is 9.69. The predicted octanol–water partition coefficient (Wildman–Crippen LogP) is 2.66. The minimum absolute atomic E-state index is 0.0813. The molecule has 14 heavy (non-hydrogen) atoms. The SMILES string of the molecule is CCCCCC(O)CCN(CC)CC. The van der Waals surface area contributed by atoms with Gasteiger partial charge in [-0.3, -0.25) is 0 Å². The Morgan fingerprint density at radius 2 is 1.64 bits per heavy atom. The molecule has 0 radical (unpaired) electrons. The molecule has 1 unspecified atom stereocenters. The Hall–Kier alpha value is -0.0800. The van der Waals surface area contributed by atoms with Crippen molar-refractivity contribution in [1.29, 1.82) is 0 Å². The Morgan fingerprint density at radius 3 is 2.14 bits per heavy atom. The lowest BCUT2D eigenvalue weighted by Crippen LogP contribution is -2.26. The molecule has 0 aromatic carbocycles. The molecule has 0 aliphatic rings. The van der Waals surface area contributed by atoms with E-state index in [0.717, 1.165) is 32.5 Å². The van der Waals surface area contributed by atoms with E-state index < -0.39 is 0 Å². The number of nitrogens with zero attached hydrogens (tertiary/aromatic N) is 1. The highest BCUT2D eigenvalue weighted by Gasteiger charge is 2.06. The molecule has 0 saturated carbocycles. The molecule has 1 N–H and O–H groups in total. The van der Waals surface area contributed by atoms with Crippen molar-refractivity contribution >= 4 is 0 Å². The highest BCUT2D eigenvalue weighted by molar-refractivity contribution is 4.60. The fourth-order valence-corrected chi connectivity index (χ4v) is 1.65. The van der Waals surface area contributed by atoms with E-state index in [1.54, 1.807) is 0 Å². The van der Waals surface area contributed by atoms with Gasteiger partial charge in [-0.1, -0.05) is 40.0 Å². The van der Waals surface area contributed by atoms with Gasteiger partial charge >= 0.3 is 0 Å². The van der Waals surface area contributed by atoms with Crippen LogP contribution in [0, 0.1) is 0 Å². The third-order valence-electron chi connectivity index (χ3n) is 2.81. The van der Waals surface area contributed by atoms with Crippen LogP contribution in [0.25, 0.3) is 0 Å². The van der Waals surface area contributed by atoms with Crippen LogP contribution >= 0.6 is 0 Å². The van der Waals surface area contributed by atoms with E-state index >= 15 is 0 Å². The van der Waals surface area contributed by atoms with Gasteiger partial charge in [0.15, 0.2) is 0 Å². The van der Waals surface area contributed by atoms with Gasteiger partial charge in [-0.05, 0) is 25.9 Å². The van der Waals surface area contributed by atoms with Crippen molar-refractivity contribution in [2.45, 2.75) is 59.0 Å². The lowest BCUT2D eigenvalue weighted by molar-refractivity contribution is 0.132. The maximum absolute atomic E-state index is 9.69. The van der Waals surface area contributed by atoms with Crippen molar-refractivity contribution in [2.75, 3.05) is 19.6 Å². The zero-order chi connectivity index (χ0) is 10.8. The molecule has 0 saturated heterocycles. The number of aliphatic hydroxyl groups excluding tert-OH is 1. The fourth-order valence-electron chi connectivity index (χ4n) is 1.65. The van der Waals surface area contributed by atoms with Crippen LogP contribution in [0.4, 0.5) is 0 Å². The monoisotopic (exact) mass is 201 g/mol. The van der Waals surface area contributed by atoms with Crippen molar-refractivity contribution in [2.24, 2.45) is 0 Å². The van der Waals surface area contributed by atoms with E-state index in [-0.39, 0.29) is 6.10 Å². The number of hydrogen-bond acceptors (Lipinski definition) is 2. The second-order valence-electron chi connectivity index (χ2n) is 3.97. The highest BCUT2D eigenvalue weighted by atomic mass is 16.3. The van der Waals surface area contributed by atoms with Gasteiger partial charge < -0.3 is 10.0 Å². The molecule has 0 aliphatic heterocycles. The van der Waals surface area contributed by atoms with Gasteiger partial charge in [0.25, 0.3) is 0 Å². The molecule has 0 aromatic heterocycles.